The molecule has 0 saturated carbocycles. The molecule has 142 valence electrons. The quantitative estimate of drug-likeness (QED) is 0.671. The van der Waals surface area contributed by atoms with Gasteiger partial charge < -0.3 is 18.9 Å². The minimum atomic E-state index is -0.431. The summed E-state index contributed by atoms with van der Waals surface area (Å²) in [4.78, 5) is 28.7. The third-order valence-corrected chi connectivity index (χ3v) is 4.61. The lowest BCUT2D eigenvalue weighted by molar-refractivity contribution is -0.121. The Balaban J connectivity index is 1.69. The van der Waals surface area contributed by atoms with Gasteiger partial charge in [0.15, 0.2) is 0 Å². The number of benzene rings is 1. The highest BCUT2D eigenvalue weighted by atomic mass is 16.5. The third kappa shape index (κ3) is 4.02. The number of ether oxygens (including phenoxy) is 1. The van der Waals surface area contributed by atoms with Crippen LogP contribution in [-0.4, -0.2) is 18.0 Å². The van der Waals surface area contributed by atoms with Crippen LogP contribution in [0.2, 0.25) is 0 Å². The van der Waals surface area contributed by atoms with E-state index in [-0.39, 0.29) is 18.9 Å². The van der Waals surface area contributed by atoms with Crippen LogP contribution in [0.5, 0.6) is 5.75 Å². The molecule has 0 aliphatic heterocycles. The topological polar surface area (TPSA) is 94.6 Å². The van der Waals surface area contributed by atoms with Gasteiger partial charge in [0.05, 0.1) is 19.3 Å². The van der Waals surface area contributed by atoms with E-state index in [1.807, 2.05) is 32.9 Å². The molecule has 1 aromatic carbocycles. The van der Waals surface area contributed by atoms with Crippen LogP contribution in [0.3, 0.4) is 0 Å². The van der Waals surface area contributed by atoms with Gasteiger partial charge in [0, 0.05) is 23.4 Å². The van der Waals surface area contributed by atoms with Crippen molar-refractivity contribution in [2.45, 2.75) is 40.2 Å². The number of hydrogen-bond donors (Lipinski definition) is 1. The summed E-state index contributed by atoms with van der Waals surface area (Å²) in [5, 5.41) is 3.59. The van der Waals surface area contributed by atoms with Crippen molar-refractivity contribution >= 4 is 16.9 Å². The van der Waals surface area contributed by atoms with Crippen molar-refractivity contribution in [3.05, 3.63) is 57.1 Å². The molecule has 7 heteroatoms. The molecule has 0 aliphatic rings. The van der Waals surface area contributed by atoms with Crippen LogP contribution in [0.4, 0.5) is 0 Å². The largest absolute Gasteiger partial charge is 0.497 e. The maximum Gasteiger partial charge on any atom is 0.339 e. The van der Waals surface area contributed by atoms with Crippen LogP contribution in [0.25, 0.3) is 11.0 Å². The standard InChI is InChI=1S/C20H22N2O5/c1-11-15-6-5-14(25-4)9-17(15)27-20(24)16(11)7-8-18(23)21-10-19-22-12(2)13(3)26-19/h5-6,9H,7-8,10H2,1-4H3,(H,21,23). The van der Waals surface area contributed by atoms with Crippen LogP contribution in [0.1, 0.15) is 34.9 Å². The summed E-state index contributed by atoms with van der Waals surface area (Å²) in [5.41, 5.74) is 2.17. The number of carbonyl (C=O) groups excluding carboxylic acids is 1. The third-order valence-electron chi connectivity index (χ3n) is 4.61. The fourth-order valence-corrected chi connectivity index (χ4v) is 2.91. The first kappa shape index (κ1) is 18.7. The number of rotatable bonds is 6. The highest BCUT2D eigenvalue weighted by molar-refractivity contribution is 5.82. The van der Waals surface area contributed by atoms with Crippen LogP contribution >= 0.6 is 0 Å². The summed E-state index contributed by atoms with van der Waals surface area (Å²) in [6.45, 7) is 5.75. The van der Waals surface area contributed by atoms with Crippen LogP contribution in [0.15, 0.2) is 31.8 Å². The van der Waals surface area contributed by atoms with Gasteiger partial charge in [-0.05, 0) is 44.9 Å². The second-order valence-electron chi connectivity index (χ2n) is 6.38. The fraction of sp³-hybridized carbons (Fsp3) is 0.350. The molecule has 0 spiro atoms. The molecule has 2 heterocycles. The first-order valence-corrected chi connectivity index (χ1v) is 8.69. The van der Waals surface area contributed by atoms with E-state index in [4.69, 9.17) is 13.6 Å². The van der Waals surface area contributed by atoms with Crippen LogP contribution < -0.4 is 15.7 Å². The zero-order valence-corrected chi connectivity index (χ0v) is 15.8. The Bertz CT molecular complexity index is 1030. The molecule has 0 unspecified atom stereocenters. The molecule has 27 heavy (non-hydrogen) atoms. The molecule has 1 amide bonds. The molecule has 0 bridgehead atoms. The summed E-state index contributed by atoms with van der Waals surface area (Å²) >= 11 is 0. The van der Waals surface area contributed by atoms with Crippen molar-refractivity contribution in [3.8, 4) is 5.75 Å². The Hall–Kier alpha value is -3.09. The van der Waals surface area contributed by atoms with Gasteiger partial charge in [0.1, 0.15) is 17.1 Å². The molecule has 1 N–H and O–H groups in total. The number of aromatic nitrogens is 1. The van der Waals surface area contributed by atoms with E-state index in [0.717, 1.165) is 22.4 Å². The minimum Gasteiger partial charge on any atom is -0.497 e. The SMILES string of the molecule is COc1ccc2c(C)c(CCC(=O)NCc3nc(C)c(C)o3)c(=O)oc2c1. The Labute approximate surface area is 156 Å². The number of fused-ring (bicyclic) bond motifs is 1. The van der Waals surface area contributed by atoms with Crippen molar-refractivity contribution in [2.24, 2.45) is 0 Å². The fourth-order valence-electron chi connectivity index (χ4n) is 2.91. The normalized spacial score (nSPS) is 11.0. The number of hydrogen-bond acceptors (Lipinski definition) is 6. The van der Waals surface area contributed by atoms with Gasteiger partial charge in [-0.1, -0.05) is 0 Å². The number of oxazole rings is 1. The lowest BCUT2D eigenvalue weighted by atomic mass is 10.0. The summed E-state index contributed by atoms with van der Waals surface area (Å²) in [7, 11) is 1.56. The average Bonchev–Trinajstić information content (AvgIpc) is 2.97. The van der Waals surface area contributed by atoms with Crippen LogP contribution in [0, 0.1) is 20.8 Å². The highest BCUT2D eigenvalue weighted by Crippen LogP contribution is 2.24. The molecule has 0 fully saturated rings. The molecule has 7 nitrogen and oxygen atoms in total. The van der Waals surface area contributed by atoms with E-state index in [1.54, 1.807) is 13.2 Å². The van der Waals surface area contributed by atoms with Gasteiger partial charge >= 0.3 is 5.63 Å². The zero-order valence-electron chi connectivity index (χ0n) is 15.8. The lowest BCUT2D eigenvalue weighted by Gasteiger charge is -2.09. The van der Waals surface area contributed by atoms with Crippen molar-refractivity contribution in [1.82, 2.24) is 10.3 Å². The molecule has 0 atom stereocenters. The van der Waals surface area contributed by atoms with Crippen molar-refractivity contribution in [2.75, 3.05) is 7.11 Å². The number of aryl methyl sites for hydroxylation is 3. The monoisotopic (exact) mass is 370 g/mol. The van der Waals surface area contributed by atoms with Gasteiger partial charge in [-0.2, -0.15) is 0 Å². The molecule has 0 saturated heterocycles. The van der Waals surface area contributed by atoms with Gasteiger partial charge in [-0.25, -0.2) is 9.78 Å². The summed E-state index contributed by atoms with van der Waals surface area (Å²) in [6, 6.07) is 5.34. The molecule has 2 aromatic heterocycles. The summed E-state index contributed by atoms with van der Waals surface area (Å²) in [6.07, 6.45) is 0.470. The van der Waals surface area contributed by atoms with E-state index in [0.29, 0.717) is 29.2 Å². The number of amides is 1. The molecule has 3 aromatic rings. The number of nitrogens with one attached hydrogen (secondary N) is 1. The Morgan fingerprint density at radius 3 is 2.67 bits per heavy atom. The predicted molar refractivity (Wildman–Crippen MR) is 99.9 cm³/mol. The smallest absolute Gasteiger partial charge is 0.339 e. The zero-order chi connectivity index (χ0) is 19.6. The maximum absolute atomic E-state index is 12.3. The van der Waals surface area contributed by atoms with E-state index >= 15 is 0 Å². The van der Waals surface area contributed by atoms with E-state index in [9.17, 15) is 9.59 Å². The summed E-state index contributed by atoms with van der Waals surface area (Å²) in [5.74, 6) is 1.64. The first-order valence-electron chi connectivity index (χ1n) is 8.69. The number of methoxy groups -OCH3 is 1. The molecular weight excluding hydrogens is 348 g/mol. The van der Waals surface area contributed by atoms with Crippen LogP contribution in [-0.2, 0) is 17.8 Å². The van der Waals surface area contributed by atoms with Gasteiger partial charge in [-0.15, -0.1) is 0 Å². The van der Waals surface area contributed by atoms with E-state index in [2.05, 4.69) is 10.3 Å². The van der Waals surface area contributed by atoms with E-state index in [1.165, 1.54) is 0 Å². The van der Waals surface area contributed by atoms with Crippen molar-refractivity contribution in [1.29, 1.82) is 0 Å². The van der Waals surface area contributed by atoms with E-state index < -0.39 is 5.63 Å². The first-order chi connectivity index (χ1) is 12.9. The Morgan fingerprint density at radius 1 is 1.22 bits per heavy atom. The van der Waals surface area contributed by atoms with Crippen molar-refractivity contribution < 1.29 is 18.4 Å². The number of nitrogens with zero attached hydrogens (tertiary/aromatic N) is 1. The predicted octanol–water partition coefficient (Wildman–Crippen LogP) is 2.96. The second kappa shape index (κ2) is 7.65. The Kier molecular flexibility index (Phi) is 5.30. The summed E-state index contributed by atoms with van der Waals surface area (Å²) < 4.78 is 16.0. The number of carbonyl (C=O) groups is 1. The average molecular weight is 370 g/mol. The van der Waals surface area contributed by atoms with Gasteiger partial charge in [0.2, 0.25) is 11.8 Å². The lowest BCUT2D eigenvalue weighted by Crippen LogP contribution is -2.24. The molecular formula is C20H22N2O5. The maximum atomic E-state index is 12.3. The Morgan fingerprint density at radius 2 is 2.00 bits per heavy atom. The van der Waals surface area contributed by atoms with Crippen molar-refractivity contribution in [3.63, 3.8) is 0 Å². The van der Waals surface area contributed by atoms with Gasteiger partial charge in [0.25, 0.3) is 0 Å². The molecule has 0 radical (unpaired) electrons. The molecule has 0 aliphatic carbocycles. The minimum absolute atomic E-state index is 0.173. The highest BCUT2D eigenvalue weighted by Gasteiger charge is 2.14. The van der Waals surface area contributed by atoms with Gasteiger partial charge in [-0.3, -0.25) is 4.79 Å². The molecule has 3 rings (SSSR count). The second-order valence-corrected chi connectivity index (χ2v) is 6.38.